The molecule has 0 aliphatic carbocycles. The van der Waals surface area contributed by atoms with Crippen LogP contribution < -0.4 is 30.0 Å². The summed E-state index contributed by atoms with van der Waals surface area (Å²) in [5.41, 5.74) is 7.46. The molecule has 1 aliphatic heterocycles. The molecule has 152 valence electrons. The summed E-state index contributed by atoms with van der Waals surface area (Å²) in [6.45, 7) is 1.65. The van der Waals surface area contributed by atoms with Crippen LogP contribution in [0.1, 0.15) is 22.8 Å². The number of hydrogen-bond donors (Lipinski definition) is 2. The molecule has 1 amide bonds. The van der Waals surface area contributed by atoms with Crippen molar-refractivity contribution in [3.63, 3.8) is 0 Å². The number of anilines is 1. The molecule has 0 aromatic heterocycles. The van der Waals surface area contributed by atoms with Crippen LogP contribution in [0.2, 0.25) is 0 Å². The molecule has 0 saturated heterocycles. The van der Waals surface area contributed by atoms with Crippen LogP contribution in [0.25, 0.3) is 6.08 Å². The van der Waals surface area contributed by atoms with E-state index in [1.165, 1.54) is 14.2 Å². The largest absolute Gasteiger partial charge is 0.495 e. The van der Waals surface area contributed by atoms with Gasteiger partial charge >= 0.3 is 0 Å². The van der Waals surface area contributed by atoms with E-state index in [-0.39, 0.29) is 25.0 Å². The predicted molar refractivity (Wildman–Crippen MR) is 108 cm³/mol. The van der Waals surface area contributed by atoms with Crippen LogP contribution in [-0.4, -0.2) is 39.2 Å². The van der Waals surface area contributed by atoms with Gasteiger partial charge in [0, 0.05) is 5.56 Å². The Balaban J connectivity index is 1.90. The number of fused-ring (bicyclic) bond motifs is 1. The van der Waals surface area contributed by atoms with Crippen molar-refractivity contribution in [2.75, 3.05) is 32.9 Å². The molecular weight excluding hydrogens is 376 g/mol. The molecule has 0 saturated carbocycles. The smallest absolute Gasteiger partial charge is 0.238 e. The Labute approximate surface area is 168 Å². The molecular formula is C21H22N2O6. The molecule has 2 aromatic carbocycles. The van der Waals surface area contributed by atoms with E-state index >= 15 is 0 Å². The minimum absolute atomic E-state index is 0.0846. The number of rotatable bonds is 7. The van der Waals surface area contributed by atoms with Crippen LogP contribution in [0.3, 0.4) is 0 Å². The first-order valence-corrected chi connectivity index (χ1v) is 8.85. The lowest BCUT2D eigenvalue weighted by atomic mass is 10.0. The van der Waals surface area contributed by atoms with Gasteiger partial charge in [0.1, 0.15) is 5.75 Å². The number of Topliss-reactive ketones (excluding diaryl/α,β-unsaturated/α-hetero) is 1. The fraction of sp³-hybridized carbons (Fsp3) is 0.238. The minimum atomic E-state index is -0.343. The van der Waals surface area contributed by atoms with E-state index in [0.29, 0.717) is 39.8 Å². The summed E-state index contributed by atoms with van der Waals surface area (Å²) in [7, 11) is 3.01. The van der Waals surface area contributed by atoms with Crippen molar-refractivity contribution in [1.29, 1.82) is 0 Å². The fourth-order valence-corrected chi connectivity index (χ4v) is 2.92. The van der Waals surface area contributed by atoms with Crippen molar-refractivity contribution in [2.24, 2.45) is 5.73 Å². The van der Waals surface area contributed by atoms with Gasteiger partial charge in [0.05, 0.1) is 26.5 Å². The van der Waals surface area contributed by atoms with Crippen molar-refractivity contribution in [1.82, 2.24) is 0 Å². The second-order valence-corrected chi connectivity index (χ2v) is 6.28. The quantitative estimate of drug-likeness (QED) is 0.545. The molecule has 0 fully saturated rings. The molecule has 8 heteroatoms. The molecule has 8 nitrogen and oxygen atoms in total. The number of carbonyl (C=O) groups is 2. The molecule has 29 heavy (non-hydrogen) atoms. The van der Waals surface area contributed by atoms with Crippen LogP contribution in [0.5, 0.6) is 23.0 Å². The molecule has 1 aliphatic rings. The third kappa shape index (κ3) is 4.33. The number of hydrogen-bond acceptors (Lipinski definition) is 7. The summed E-state index contributed by atoms with van der Waals surface area (Å²) in [5, 5.41) is 2.68. The molecule has 0 radical (unpaired) electrons. The average Bonchev–Trinajstić information content (AvgIpc) is 3.21. The van der Waals surface area contributed by atoms with E-state index in [0.717, 1.165) is 5.56 Å². The number of nitrogens with two attached hydrogens (primary N) is 1. The fourth-order valence-electron chi connectivity index (χ4n) is 2.92. The van der Waals surface area contributed by atoms with E-state index < -0.39 is 0 Å². The van der Waals surface area contributed by atoms with Crippen molar-refractivity contribution < 1.29 is 28.5 Å². The lowest BCUT2D eigenvalue weighted by Gasteiger charge is -2.11. The summed E-state index contributed by atoms with van der Waals surface area (Å²) in [6.07, 6.45) is 1.72. The zero-order chi connectivity index (χ0) is 21.0. The number of ether oxygens (including phenoxy) is 4. The highest BCUT2D eigenvalue weighted by atomic mass is 16.7. The van der Waals surface area contributed by atoms with Gasteiger partial charge in [-0.2, -0.15) is 0 Å². The number of methoxy groups -OCH3 is 2. The zero-order valence-corrected chi connectivity index (χ0v) is 16.4. The first-order valence-electron chi connectivity index (χ1n) is 8.85. The van der Waals surface area contributed by atoms with E-state index in [2.05, 4.69) is 5.32 Å². The minimum Gasteiger partial charge on any atom is -0.495 e. The van der Waals surface area contributed by atoms with E-state index in [1.807, 2.05) is 0 Å². The Bertz CT molecular complexity index is 983. The average molecular weight is 398 g/mol. The number of nitrogens with one attached hydrogen (secondary N) is 1. The molecule has 0 bridgehead atoms. The highest BCUT2D eigenvalue weighted by molar-refractivity contribution is 6.11. The van der Waals surface area contributed by atoms with E-state index in [1.54, 1.807) is 43.3 Å². The molecule has 0 spiro atoms. The Morgan fingerprint density at radius 3 is 2.59 bits per heavy atom. The molecule has 3 N–H and O–H groups in total. The monoisotopic (exact) mass is 398 g/mol. The van der Waals surface area contributed by atoms with Crippen LogP contribution in [0.4, 0.5) is 5.69 Å². The predicted octanol–water partition coefficient (Wildman–Crippen LogP) is 2.62. The van der Waals surface area contributed by atoms with Crippen LogP contribution in [0, 0.1) is 0 Å². The van der Waals surface area contributed by atoms with Crippen LogP contribution in [-0.2, 0) is 4.79 Å². The van der Waals surface area contributed by atoms with Crippen molar-refractivity contribution in [3.8, 4) is 23.0 Å². The van der Waals surface area contributed by atoms with E-state index in [4.69, 9.17) is 24.7 Å². The van der Waals surface area contributed by atoms with Crippen molar-refractivity contribution in [3.05, 3.63) is 47.0 Å². The molecule has 1 heterocycles. The van der Waals surface area contributed by atoms with Gasteiger partial charge in [0.25, 0.3) is 0 Å². The van der Waals surface area contributed by atoms with Crippen LogP contribution >= 0.6 is 0 Å². The lowest BCUT2D eigenvalue weighted by Crippen LogP contribution is -2.22. The molecule has 0 unspecified atom stereocenters. The summed E-state index contributed by atoms with van der Waals surface area (Å²) >= 11 is 0. The number of allylic oxidation sites excluding steroid dienone is 1. The molecule has 0 atom stereocenters. The van der Waals surface area contributed by atoms with Gasteiger partial charge in [0.2, 0.25) is 18.4 Å². The Hall–Kier alpha value is -3.52. The van der Waals surface area contributed by atoms with Gasteiger partial charge in [-0.25, -0.2) is 0 Å². The van der Waals surface area contributed by atoms with Gasteiger partial charge in [-0.3, -0.25) is 9.59 Å². The summed E-state index contributed by atoms with van der Waals surface area (Å²) < 4.78 is 21.3. The Morgan fingerprint density at radius 2 is 1.90 bits per heavy atom. The highest BCUT2D eigenvalue weighted by Gasteiger charge is 2.22. The number of carbonyl (C=O) groups excluding carboxylic acids is 2. The maximum absolute atomic E-state index is 12.9. The third-order valence-electron chi connectivity index (χ3n) is 4.34. The number of benzene rings is 2. The number of ketones is 1. The Kier molecular flexibility index (Phi) is 6.04. The summed E-state index contributed by atoms with van der Waals surface area (Å²) in [5.74, 6) is 1.35. The van der Waals surface area contributed by atoms with Gasteiger partial charge in [-0.05, 0) is 48.4 Å². The van der Waals surface area contributed by atoms with Gasteiger partial charge in [-0.1, -0.05) is 6.07 Å². The maximum atomic E-state index is 12.9. The number of amides is 1. The van der Waals surface area contributed by atoms with Gasteiger partial charge in [0.15, 0.2) is 17.3 Å². The van der Waals surface area contributed by atoms with Gasteiger partial charge in [-0.15, -0.1) is 0 Å². The normalized spacial score (nSPS) is 12.5. The topological polar surface area (TPSA) is 109 Å². The first kappa shape index (κ1) is 20.2. The second kappa shape index (κ2) is 8.66. The summed E-state index contributed by atoms with van der Waals surface area (Å²) in [6, 6.07) is 8.45. The SMILES string of the molecule is COc1ccc(C=C(C)C(=O)c2cc(OC)c3c(c2)OCO3)cc1NC(=O)CN. The summed E-state index contributed by atoms with van der Waals surface area (Å²) in [4.78, 5) is 24.6. The van der Waals surface area contributed by atoms with Crippen molar-refractivity contribution in [2.45, 2.75) is 6.92 Å². The van der Waals surface area contributed by atoms with Crippen molar-refractivity contribution >= 4 is 23.5 Å². The molecule has 3 rings (SSSR count). The third-order valence-corrected chi connectivity index (χ3v) is 4.34. The molecule has 2 aromatic rings. The highest BCUT2D eigenvalue weighted by Crippen LogP contribution is 2.42. The van der Waals surface area contributed by atoms with Crippen LogP contribution in [0.15, 0.2) is 35.9 Å². The lowest BCUT2D eigenvalue weighted by molar-refractivity contribution is -0.114. The van der Waals surface area contributed by atoms with Gasteiger partial charge < -0.3 is 30.0 Å². The van der Waals surface area contributed by atoms with E-state index in [9.17, 15) is 9.59 Å². The Morgan fingerprint density at radius 1 is 1.14 bits per heavy atom. The zero-order valence-electron chi connectivity index (χ0n) is 16.4. The second-order valence-electron chi connectivity index (χ2n) is 6.28. The maximum Gasteiger partial charge on any atom is 0.238 e. The standard InChI is InChI=1S/C21H22N2O6/c1-12(6-13-4-5-16(26-2)15(7-13)23-19(24)10-22)20(25)14-8-17(27-3)21-18(9-14)28-11-29-21/h4-9H,10-11,22H2,1-3H3,(H,23,24). The first-order chi connectivity index (χ1) is 14.0.